The molecule has 0 unspecified atom stereocenters. The van der Waals surface area contributed by atoms with Crippen molar-refractivity contribution in [2.45, 2.75) is 39.0 Å². The summed E-state index contributed by atoms with van der Waals surface area (Å²) in [6.07, 6.45) is 2.88. The minimum absolute atomic E-state index is 0.0953. The summed E-state index contributed by atoms with van der Waals surface area (Å²) in [4.78, 5) is 25.5. The summed E-state index contributed by atoms with van der Waals surface area (Å²) in [7, 11) is 0. The van der Waals surface area contributed by atoms with E-state index >= 15 is 0 Å². The van der Waals surface area contributed by atoms with Crippen LogP contribution in [0.2, 0.25) is 0 Å². The number of nitrogens with zero attached hydrogens (tertiary/aromatic N) is 2. The van der Waals surface area contributed by atoms with Gasteiger partial charge in [0, 0.05) is 26.1 Å². The normalized spacial score (nSPS) is 14.5. The number of hydrogen-bond donors (Lipinski definition) is 1. The summed E-state index contributed by atoms with van der Waals surface area (Å²) < 4.78 is 5.73. The topological polar surface area (TPSA) is 82.4 Å². The van der Waals surface area contributed by atoms with Crippen molar-refractivity contribution < 1.29 is 14.3 Å². The maximum Gasteiger partial charge on any atom is 0.234 e. The van der Waals surface area contributed by atoms with Crippen molar-refractivity contribution in [1.29, 1.82) is 5.26 Å². The van der Waals surface area contributed by atoms with E-state index in [0.29, 0.717) is 31.9 Å². The number of amides is 2. The lowest BCUT2D eigenvalue weighted by Gasteiger charge is -2.32. The van der Waals surface area contributed by atoms with Gasteiger partial charge in [-0.15, -0.1) is 0 Å². The van der Waals surface area contributed by atoms with Crippen molar-refractivity contribution in [2.75, 3.05) is 26.2 Å². The first kappa shape index (κ1) is 19.8. The van der Waals surface area contributed by atoms with Gasteiger partial charge in [0.2, 0.25) is 11.8 Å². The third-order valence-electron chi connectivity index (χ3n) is 4.68. The molecule has 0 saturated carbocycles. The van der Waals surface area contributed by atoms with Crippen molar-refractivity contribution in [1.82, 2.24) is 10.2 Å². The molecule has 0 aliphatic carbocycles. The molecule has 26 heavy (non-hydrogen) atoms. The SMILES string of the molecule is Cc1ccccc1OCCCC(=O)N1CCC(CNC(=O)CC#N)CC1. The molecule has 1 fully saturated rings. The van der Waals surface area contributed by atoms with Gasteiger partial charge in [0.25, 0.3) is 0 Å². The predicted octanol–water partition coefficient (Wildman–Crippen LogP) is 2.42. The highest BCUT2D eigenvalue weighted by molar-refractivity contribution is 5.78. The molecule has 1 heterocycles. The van der Waals surface area contributed by atoms with Crippen molar-refractivity contribution in [3.8, 4) is 11.8 Å². The Bertz CT molecular complexity index is 646. The summed E-state index contributed by atoms with van der Waals surface area (Å²) >= 11 is 0. The fraction of sp³-hybridized carbons (Fsp3) is 0.550. The quantitative estimate of drug-likeness (QED) is 0.724. The molecule has 1 N–H and O–H groups in total. The highest BCUT2D eigenvalue weighted by Crippen LogP contribution is 2.18. The lowest BCUT2D eigenvalue weighted by molar-refractivity contribution is -0.133. The summed E-state index contributed by atoms with van der Waals surface area (Å²) in [5.41, 5.74) is 1.10. The van der Waals surface area contributed by atoms with Gasteiger partial charge in [-0.2, -0.15) is 5.26 Å². The average Bonchev–Trinajstić information content (AvgIpc) is 2.65. The molecular formula is C20H27N3O3. The van der Waals surface area contributed by atoms with Crippen LogP contribution in [0, 0.1) is 24.2 Å². The second-order valence-electron chi connectivity index (χ2n) is 6.68. The van der Waals surface area contributed by atoms with Gasteiger partial charge >= 0.3 is 0 Å². The number of carbonyl (C=O) groups excluding carboxylic acids is 2. The summed E-state index contributed by atoms with van der Waals surface area (Å²) in [5, 5.41) is 11.3. The van der Waals surface area contributed by atoms with Gasteiger partial charge in [-0.05, 0) is 43.7 Å². The molecule has 6 heteroatoms. The number of nitriles is 1. The van der Waals surface area contributed by atoms with Crippen LogP contribution in [0.4, 0.5) is 0 Å². The molecule has 2 rings (SSSR count). The van der Waals surface area contributed by atoms with Crippen LogP contribution in [0.15, 0.2) is 24.3 Å². The van der Waals surface area contributed by atoms with Crippen LogP contribution in [0.25, 0.3) is 0 Å². The van der Waals surface area contributed by atoms with Crippen LogP contribution < -0.4 is 10.1 Å². The van der Waals surface area contributed by atoms with Crippen molar-refractivity contribution in [2.24, 2.45) is 5.92 Å². The van der Waals surface area contributed by atoms with E-state index in [2.05, 4.69) is 5.32 Å². The van der Waals surface area contributed by atoms with Gasteiger partial charge in [-0.25, -0.2) is 0 Å². The van der Waals surface area contributed by atoms with Crippen LogP contribution in [0.1, 0.15) is 37.7 Å². The molecule has 0 radical (unpaired) electrons. The first-order chi connectivity index (χ1) is 12.6. The molecule has 1 aliphatic heterocycles. The van der Waals surface area contributed by atoms with Crippen LogP contribution in [0.3, 0.4) is 0 Å². The van der Waals surface area contributed by atoms with Crippen LogP contribution in [-0.2, 0) is 9.59 Å². The van der Waals surface area contributed by atoms with Crippen LogP contribution in [0.5, 0.6) is 5.75 Å². The lowest BCUT2D eigenvalue weighted by Crippen LogP contribution is -2.41. The molecule has 1 aliphatic rings. The minimum atomic E-state index is -0.223. The maximum absolute atomic E-state index is 12.3. The monoisotopic (exact) mass is 357 g/mol. The maximum atomic E-state index is 12.3. The summed E-state index contributed by atoms with van der Waals surface area (Å²) in [5.74, 6) is 1.20. The van der Waals surface area contributed by atoms with E-state index in [1.165, 1.54) is 0 Å². The zero-order valence-corrected chi connectivity index (χ0v) is 15.4. The first-order valence-corrected chi connectivity index (χ1v) is 9.20. The fourth-order valence-electron chi connectivity index (χ4n) is 3.06. The number of benzene rings is 1. The number of hydrogen-bond acceptors (Lipinski definition) is 4. The highest BCUT2D eigenvalue weighted by Gasteiger charge is 2.22. The molecule has 2 amide bonds. The van der Waals surface area contributed by atoms with Gasteiger partial charge in [-0.1, -0.05) is 18.2 Å². The average molecular weight is 357 g/mol. The fourth-order valence-corrected chi connectivity index (χ4v) is 3.06. The molecule has 6 nitrogen and oxygen atoms in total. The third kappa shape index (κ3) is 6.40. The Morgan fingerprint density at radius 3 is 2.73 bits per heavy atom. The van der Waals surface area contributed by atoms with E-state index in [9.17, 15) is 9.59 Å². The van der Waals surface area contributed by atoms with Crippen molar-refractivity contribution in [3.05, 3.63) is 29.8 Å². The summed E-state index contributed by atoms with van der Waals surface area (Å²) in [6.45, 7) is 4.60. The number of rotatable bonds is 8. The minimum Gasteiger partial charge on any atom is -0.493 e. The standard InChI is InChI=1S/C20H27N3O3/c1-16-5-2-3-6-18(16)26-14-4-7-20(25)23-12-9-17(10-13-23)15-22-19(24)8-11-21/h2-3,5-6,17H,4,7-10,12-15H2,1H3,(H,22,24). The van der Waals surface area contributed by atoms with Gasteiger partial charge in [-0.3, -0.25) is 9.59 Å². The molecule has 0 bridgehead atoms. The Morgan fingerprint density at radius 1 is 1.31 bits per heavy atom. The summed E-state index contributed by atoms with van der Waals surface area (Å²) in [6, 6.07) is 9.71. The Morgan fingerprint density at radius 2 is 2.04 bits per heavy atom. The van der Waals surface area contributed by atoms with E-state index in [-0.39, 0.29) is 18.2 Å². The molecular weight excluding hydrogens is 330 g/mol. The first-order valence-electron chi connectivity index (χ1n) is 9.20. The molecule has 1 saturated heterocycles. The predicted molar refractivity (Wildman–Crippen MR) is 98.5 cm³/mol. The van der Waals surface area contributed by atoms with E-state index in [1.807, 2.05) is 42.2 Å². The second kappa shape index (κ2) is 10.4. The largest absolute Gasteiger partial charge is 0.493 e. The van der Waals surface area contributed by atoms with Crippen LogP contribution in [-0.4, -0.2) is 43.0 Å². The number of piperidine rings is 1. The number of carbonyl (C=O) groups is 2. The number of aryl methyl sites for hydroxylation is 1. The smallest absolute Gasteiger partial charge is 0.234 e. The van der Waals surface area contributed by atoms with Gasteiger partial charge in [0.15, 0.2) is 0 Å². The van der Waals surface area contributed by atoms with E-state index in [4.69, 9.17) is 10.00 Å². The van der Waals surface area contributed by atoms with Crippen LogP contribution >= 0.6 is 0 Å². The van der Waals surface area contributed by atoms with E-state index in [0.717, 1.165) is 37.2 Å². The number of nitrogens with one attached hydrogen (secondary N) is 1. The molecule has 0 spiro atoms. The number of ether oxygens (including phenoxy) is 1. The number of likely N-dealkylation sites (tertiary alicyclic amines) is 1. The Labute approximate surface area is 155 Å². The third-order valence-corrected chi connectivity index (χ3v) is 4.68. The van der Waals surface area contributed by atoms with E-state index < -0.39 is 0 Å². The van der Waals surface area contributed by atoms with Gasteiger partial charge in [0.05, 0.1) is 12.7 Å². The lowest BCUT2D eigenvalue weighted by atomic mass is 9.96. The molecule has 140 valence electrons. The Kier molecular flexibility index (Phi) is 7.94. The number of para-hydroxylation sites is 1. The van der Waals surface area contributed by atoms with Gasteiger partial charge < -0.3 is 15.0 Å². The zero-order chi connectivity index (χ0) is 18.8. The Hall–Kier alpha value is -2.55. The Balaban J connectivity index is 1.60. The highest BCUT2D eigenvalue weighted by atomic mass is 16.5. The van der Waals surface area contributed by atoms with Gasteiger partial charge in [0.1, 0.15) is 12.2 Å². The molecule has 0 aromatic heterocycles. The zero-order valence-electron chi connectivity index (χ0n) is 15.4. The van der Waals surface area contributed by atoms with Crippen molar-refractivity contribution in [3.63, 3.8) is 0 Å². The molecule has 1 aromatic carbocycles. The molecule has 0 atom stereocenters. The molecule has 1 aromatic rings. The second-order valence-corrected chi connectivity index (χ2v) is 6.68. The van der Waals surface area contributed by atoms with Crippen molar-refractivity contribution >= 4 is 11.8 Å². The van der Waals surface area contributed by atoms with E-state index in [1.54, 1.807) is 0 Å².